The summed E-state index contributed by atoms with van der Waals surface area (Å²) in [6, 6.07) is 14.8. The third kappa shape index (κ3) is 3.71. The molecule has 3 aromatic rings. The number of non-ortho nitro benzene ring substituents is 1. The van der Waals surface area contributed by atoms with E-state index in [-0.39, 0.29) is 22.9 Å². The summed E-state index contributed by atoms with van der Waals surface area (Å²) in [4.78, 5) is 36.1. The average Bonchev–Trinajstić information content (AvgIpc) is 3.18. The van der Waals surface area contributed by atoms with Crippen LogP contribution in [0.5, 0.6) is 5.88 Å². The Labute approximate surface area is 188 Å². The highest BCUT2D eigenvalue weighted by molar-refractivity contribution is 6.02. The van der Waals surface area contributed by atoms with Crippen LogP contribution in [0.3, 0.4) is 0 Å². The van der Waals surface area contributed by atoms with Crippen LogP contribution >= 0.6 is 0 Å². The number of hydrogen-bond donors (Lipinski definition) is 0. The van der Waals surface area contributed by atoms with Crippen molar-refractivity contribution >= 4 is 17.6 Å². The van der Waals surface area contributed by atoms with E-state index in [0.29, 0.717) is 22.5 Å². The van der Waals surface area contributed by atoms with E-state index in [1.54, 1.807) is 6.92 Å². The maximum absolute atomic E-state index is 12.9. The molecular weight excluding hydrogens is 430 g/mol. The molecule has 0 saturated heterocycles. The molecule has 0 amide bonds. The number of esters is 2. The fraction of sp³-hybridized carbons (Fsp3) is 0.174. The molecule has 2 heterocycles. The van der Waals surface area contributed by atoms with Crippen molar-refractivity contribution in [2.24, 2.45) is 0 Å². The number of ether oxygens (including phenoxy) is 3. The number of aryl methyl sites for hydroxylation is 1. The van der Waals surface area contributed by atoms with Gasteiger partial charge in [0.05, 0.1) is 47.6 Å². The number of hydrogen-bond acceptors (Lipinski definition) is 8. The molecule has 1 atom stereocenters. The Bertz CT molecular complexity index is 1280. The van der Waals surface area contributed by atoms with Crippen molar-refractivity contribution in [3.05, 3.63) is 92.9 Å². The Morgan fingerprint density at radius 1 is 1.03 bits per heavy atom. The standard InChI is InChI=1S/C23H19N3O7/c1-13-17-18(14-9-11-16(12-10-14)26(29)30)19(22(27)31-2)20(23(28)32-3)33-21(17)25(24-13)15-7-5-4-6-8-15/h4-12,18H,1-3H3. The van der Waals surface area contributed by atoms with Gasteiger partial charge in [-0.05, 0) is 24.6 Å². The first-order valence-electron chi connectivity index (χ1n) is 9.85. The summed E-state index contributed by atoms with van der Waals surface area (Å²) in [6.45, 7) is 1.75. The van der Waals surface area contributed by atoms with Gasteiger partial charge in [0.1, 0.15) is 0 Å². The Balaban J connectivity index is 2.01. The van der Waals surface area contributed by atoms with Crippen molar-refractivity contribution in [2.75, 3.05) is 14.2 Å². The molecule has 0 spiro atoms. The van der Waals surface area contributed by atoms with Gasteiger partial charge in [-0.2, -0.15) is 5.10 Å². The van der Waals surface area contributed by atoms with Gasteiger partial charge in [-0.25, -0.2) is 14.3 Å². The Morgan fingerprint density at radius 2 is 1.67 bits per heavy atom. The van der Waals surface area contributed by atoms with Crippen LogP contribution in [0.2, 0.25) is 0 Å². The van der Waals surface area contributed by atoms with Gasteiger partial charge in [-0.15, -0.1) is 0 Å². The smallest absolute Gasteiger partial charge is 0.374 e. The largest absolute Gasteiger partial charge is 0.466 e. The molecule has 1 aliphatic heterocycles. The maximum atomic E-state index is 12.9. The van der Waals surface area contributed by atoms with Gasteiger partial charge >= 0.3 is 11.9 Å². The number of carbonyl (C=O) groups excluding carboxylic acids is 2. The number of para-hydroxylation sites is 1. The predicted molar refractivity (Wildman–Crippen MR) is 115 cm³/mol. The second-order valence-electron chi connectivity index (χ2n) is 7.16. The van der Waals surface area contributed by atoms with Gasteiger partial charge < -0.3 is 14.2 Å². The number of nitrogens with zero attached hydrogens (tertiary/aromatic N) is 3. The van der Waals surface area contributed by atoms with Gasteiger partial charge in [0.2, 0.25) is 11.6 Å². The lowest BCUT2D eigenvalue weighted by Crippen LogP contribution is -2.28. The Hall–Kier alpha value is -4.47. The van der Waals surface area contributed by atoms with Crippen LogP contribution in [-0.2, 0) is 19.1 Å². The van der Waals surface area contributed by atoms with Gasteiger partial charge in [0, 0.05) is 12.1 Å². The third-order valence-corrected chi connectivity index (χ3v) is 5.30. The first-order valence-corrected chi connectivity index (χ1v) is 9.85. The molecular formula is C23H19N3O7. The van der Waals surface area contributed by atoms with E-state index in [4.69, 9.17) is 14.2 Å². The van der Waals surface area contributed by atoms with Crippen LogP contribution in [0.4, 0.5) is 5.69 Å². The van der Waals surface area contributed by atoms with Crippen LogP contribution in [0, 0.1) is 17.0 Å². The third-order valence-electron chi connectivity index (χ3n) is 5.30. The summed E-state index contributed by atoms with van der Waals surface area (Å²) < 4.78 is 17.3. The highest BCUT2D eigenvalue weighted by Gasteiger charge is 2.42. The molecule has 0 fully saturated rings. The lowest BCUT2D eigenvalue weighted by molar-refractivity contribution is -0.384. The molecule has 1 aromatic heterocycles. The summed E-state index contributed by atoms with van der Waals surface area (Å²) >= 11 is 0. The van der Waals surface area contributed by atoms with E-state index in [1.165, 1.54) is 43.2 Å². The fourth-order valence-corrected chi connectivity index (χ4v) is 3.81. The fourth-order valence-electron chi connectivity index (χ4n) is 3.81. The molecule has 1 unspecified atom stereocenters. The number of benzene rings is 2. The van der Waals surface area contributed by atoms with Crippen LogP contribution in [0.1, 0.15) is 22.7 Å². The molecule has 0 N–H and O–H groups in total. The van der Waals surface area contributed by atoms with Crippen molar-refractivity contribution in [3.63, 3.8) is 0 Å². The summed E-state index contributed by atoms with van der Waals surface area (Å²) in [5, 5.41) is 15.7. The van der Waals surface area contributed by atoms with E-state index in [2.05, 4.69) is 5.10 Å². The second-order valence-corrected chi connectivity index (χ2v) is 7.16. The molecule has 0 bridgehead atoms. The van der Waals surface area contributed by atoms with Gasteiger partial charge in [-0.1, -0.05) is 30.3 Å². The lowest BCUT2D eigenvalue weighted by Gasteiger charge is -2.27. The van der Waals surface area contributed by atoms with Gasteiger partial charge in [0.25, 0.3) is 5.69 Å². The number of rotatable bonds is 5. The Kier molecular flexibility index (Phi) is 5.65. The second kappa shape index (κ2) is 8.58. The molecule has 10 nitrogen and oxygen atoms in total. The molecule has 10 heteroatoms. The minimum absolute atomic E-state index is 0.0820. The molecule has 0 saturated carbocycles. The number of aromatic nitrogens is 2. The minimum atomic E-state index is -0.869. The van der Waals surface area contributed by atoms with E-state index < -0.39 is 22.8 Å². The zero-order valence-electron chi connectivity index (χ0n) is 18.0. The molecule has 0 radical (unpaired) electrons. The van der Waals surface area contributed by atoms with Crippen molar-refractivity contribution in [1.29, 1.82) is 0 Å². The topological polar surface area (TPSA) is 123 Å². The van der Waals surface area contributed by atoms with Crippen molar-refractivity contribution in [2.45, 2.75) is 12.8 Å². The number of methoxy groups -OCH3 is 2. The summed E-state index contributed by atoms with van der Waals surface area (Å²) in [5.41, 5.74) is 2.07. The van der Waals surface area contributed by atoms with Crippen molar-refractivity contribution in [3.8, 4) is 11.6 Å². The van der Waals surface area contributed by atoms with Crippen molar-refractivity contribution < 1.29 is 28.7 Å². The average molecular weight is 449 g/mol. The number of fused-ring (bicyclic) bond motifs is 1. The molecule has 168 valence electrons. The molecule has 2 aromatic carbocycles. The molecule has 0 aliphatic carbocycles. The number of nitro groups is 1. The van der Waals surface area contributed by atoms with Crippen LogP contribution < -0.4 is 4.74 Å². The predicted octanol–water partition coefficient (Wildman–Crippen LogP) is 3.21. The number of carbonyl (C=O) groups is 2. The molecule has 33 heavy (non-hydrogen) atoms. The minimum Gasteiger partial charge on any atom is -0.466 e. The number of nitro benzene ring substituents is 1. The van der Waals surface area contributed by atoms with Crippen LogP contribution in [0.25, 0.3) is 5.69 Å². The van der Waals surface area contributed by atoms with Gasteiger partial charge in [0.15, 0.2) is 0 Å². The first kappa shape index (κ1) is 21.8. The quantitative estimate of drug-likeness (QED) is 0.331. The van der Waals surface area contributed by atoms with Crippen molar-refractivity contribution in [1.82, 2.24) is 9.78 Å². The van der Waals surface area contributed by atoms with E-state index in [1.807, 2.05) is 30.3 Å². The van der Waals surface area contributed by atoms with E-state index in [9.17, 15) is 19.7 Å². The van der Waals surface area contributed by atoms with E-state index in [0.717, 1.165) is 0 Å². The lowest BCUT2D eigenvalue weighted by atomic mass is 9.82. The molecule has 4 rings (SSSR count). The normalized spacial score (nSPS) is 14.8. The van der Waals surface area contributed by atoms with E-state index >= 15 is 0 Å². The van der Waals surface area contributed by atoms with Gasteiger partial charge in [-0.3, -0.25) is 10.1 Å². The zero-order valence-corrected chi connectivity index (χ0v) is 18.0. The summed E-state index contributed by atoms with van der Waals surface area (Å²) in [6.07, 6.45) is 0. The Morgan fingerprint density at radius 3 is 2.24 bits per heavy atom. The first-order chi connectivity index (χ1) is 15.9. The maximum Gasteiger partial charge on any atom is 0.374 e. The van der Waals surface area contributed by atoms with Crippen LogP contribution in [0.15, 0.2) is 65.9 Å². The highest BCUT2D eigenvalue weighted by Crippen LogP contribution is 2.46. The SMILES string of the molecule is COC(=O)C1=C(C(=O)OC)C(c2ccc([N+](=O)[O-])cc2)c2c(C)nn(-c3ccccc3)c2O1. The molecule has 1 aliphatic rings. The van der Waals surface area contributed by atoms with Crippen LogP contribution in [-0.4, -0.2) is 40.9 Å². The zero-order chi connectivity index (χ0) is 23.7. The monoisotopic (exact) mass is 449 g/mol. The summed E-state index contributed by atoms with van der Waals surface area (Å²) in [5.74, 6) is -2.61. The highest BCUT2D eigenvalue weighted by atomic mass is 16.6. The summed E-state index contributed by atoms with van der Waals surface area (Å²) in [7, 11) is 2.36.